The maximum atomic E-state index is 12.7. The molecule has 0 unspecified atom stereocenters. The number of nitrogens with zero attached hydrogens (tertiary/aromatic N) is 2. The highest BCUT2D eigenvalue weighted by Gasteiger charge is 2.25. The van der Waals surface area contributed by atoms with Gasteiger partial charge >= 0.3 is 0 Å². The molecule has 6 heteroatoms. The molecule has 1 amide bonds. The van der Waals surface area contributed by atoms with E-state index in [-0.39, 0.29) is 17.2 Å². The molecule has 2 rings (SSSR count). The fourth-order valence-electron chi connectivity index (χ4n) is 3.31. The first-order valence-electron chi connectivity index (χ1n) is 9.83. The van der Waals surface area contributed by atoms with Crippen LogP contribution >= 0.6 is 0 Å². The fourth-order valence-corrected chi connectivity index (χ4v) is 4.47. The van der Waals surface area contributed by atoms with Crippen LogP contribution in [0.3, 0.4) is 0 Å². The lowest BCUT2D eigenvalue weighted by Crippen LogP contribution is -2.33. The van der Waals surface area contributed by atoms with Crippen LogP contribution < -0.4 is 4.90 Å². The topological polar surface area (TPSA) is 57.7 Å². The molecule has 1 fully saturated rings. The van der Waals surface area contributed by atoms with Gasteiger partial charge in [-0.25, -0.2) is 12.7 Å². The number of carbonyl (C=O) groups excluding carboxylic acids is 1. The Morgan fingerprint density at radius 1 is 1.00 bits per heavy atom. The summed E-state index contributed by atoms with van der Waals surface area (Å²) >= 11 is 0. The second-order valence-electron chi connectivity index (χ2n) is 7.07. The van der Waals surface area contributed by atoms with Crippen molar-refractivity contribution >= 4 is 21.6 Å². The Morgan fingerprint density at radius 3 is 2.19 bits per heavy atom. The lowest BCUT2D eigenvalue weighted by atomic mass is 10.1. The van der Waals surface area contributed by atoms with Crippen LogP contribution in [0.1, 0.15) is 64.7 Å². The second-order valence-corrected chi connectivity index (χ2v) is 9.04. The van der Waals surface area contributed by atoms with Crippen LogP contribution in [0.15, 0.2) is 29.2 Å². The van der Waals surface area contributed by atoms with Gasteiger partial charge in [0.1, 0.15) is 0 Å². The van der Waals surface area contributed by atoms with E-state index in [1.807, 2.05) is 12.1 Å². The number of benzene rings is 1. The van der Waals surface area contributed by atoms with E-state index in [4.69, 9.17) is 0 Å². The van der Waals surface area contributed by atoms with Gasteiger partial charge in [-0.1, -0.05) is 39.0 Å². The third kappa shape index (κ3) is 5.47. The Bertz CT molecular complexity index is 665. The smallest absolute Gasteiger partial charge is 0.266 e. The largest absolute Gasteiger partial charge is 0.372 e. The minimum absolute atomic E-state index is 0.180. The van der Waals surface area contributed by atoms with E-state index in [1.54, 1.807) is 12.1 Å². The van der Waals surface area contributed by atoms with Crippen molar-refractivity contribution in [1.82, 2.24) is 4.31 Å². The van der Waals surface area contributed by atoms with Gasteiger partial charge in [0.05, 0.1) is 4.90 Å². The summed E-state index contributed by atoms with van der Waals surface area (Å²) in [7, 11) is -2.40. The van der Waals surface area contributed by atoms with Crippen molar-refractivity contribution in [2.24, 2.45) is 0 Å². The molecule has 1 aliphatic heterocycles. The number of carbonyl (C=O) groups is 1. The molecule has 1 heterocycles. The molecule has 1 saturated heterocycles. The maximum Gasteiger partial charge on any atom is 0.266 e. The highest BCUT2D eigenvalue weighted by molar-refractivity contribution is 7.89. The van der Waals surface area contributed by atoms with Crippen molar-refractivity contribution in [3.8, 4) is 0 Å². The summed E-state index contributed by atoms with van der Waals surface area (Å²) in [6.45, 7) is 4.20. The molecule has 0 spiro atoms. The van der Waals surface area contributed by atoms with E-state index < -0.39 is 10.0 Å². The number of anilines is 1. The molecule has 0 bridgehead atoms. The third-order valence-electron chi connectivity index (χ3n) is 5.06. The zero-order valence-electron chi connectivity index (χ0n) is 16.1. The first-order chi connectivity index (χ1) is 12.5. The van der Waals surface area contributed by atoms with Crippen LogP contribution in [0.5, 0.6) is 0 Å². The number of rotatable bonds is 10. The molecular weight excluding hydrogens is 348 g/mol. The molecular formula is C20H32N2O3S. The molecule has 0 aromatic heterocycles. The van der Waals surface area contributed by atoms with E-state index in [0.717, 1.165) is 42.3 Å². The Labute approximate surface area is 158 Å². The molecule has 0 aliphatic carbocycles. The minimum atomic E-state index is -3.76. The highest BCUT2D eigenvalue weighted by Crippen LogP contribution is 2.23. The molecule has 146 valence electrons. The van der Waals surface area contributed by atoms with Gasteiger partial charge in [0.25, 0.3) is 10.0 Å². The van der Waals surface area contributed by atoms with Crippen LogP contribution in [0, 0.1) is 0 Å². The van der Waals surface area contributed by atoms with E-state index in [0.29, 0.717) is 0 Å². The molecule has 26 heavy (non-hydrogen) atoms. The number of unbranched alkanes of at least 4 members (excludes halogenated alkanes) is 5. The predicted octanol–water partition coefficient (Wildman–Crippen LogP) is 4.18. The first-order valence-corrected chi connectivity index (χ1v) is 11.3. The van der Waals surface area contributed by atoms with Gasteiger partial charge in [-0.05, 0) is 43.5 Å². The predicted molar refractivity (Wildman–Crippen MR) is 106 cm³/mol. The summed E-state index contributed by atoms with van der Waals surface area (Å²) in [5, 5.41) is 0. The lowest BCUT2D eigenvalue weighted by Gasteiger charge is -2.20. The van der Waals surface area contributed by atoms with Gasteiger partial charge in [0, 0.05) is 32.2 Å². The lowest BCUT2D eigenvalue weighted by molar-refractivity contribution is -0.125. The highest BCUT2D eigenvalue weighted by atomic mass is 32.2. The van der Waals surface area contributed by atoms with Crippen LogP contribution in [-0.4, -0.2) is 38.8 Å². The van der Waals surface area contributed by atoms with Crippen molar-refractivity contribution < 1.29 is 13.2 Å². The molecule has 0 saturated carbocycles. The zero-order valence-corrected chi connectivity index (χ0v) is 16.9. The third-order valence-corrected chi connectivity index (χ3v) is 6.85. The molecule has 5 nitrogen and oxygen atoms in total. The molecule has 0 N–H and O–H groups in total. The van der Waals surface area contributed by atoms with E-state index >= 15 is 0 Å². The minimum Gasteiger partial charge on any atom is -0.372 e. The van der Waals surface area contributed by atoms with Gasteiger partial charge in [-0.2, -0.15) is 0 Å². The van der Waals surface area contributed by atoms with Gasteiger partial charge < -0.3 is 4.90 Å². The zero-order chi connectivity index (χ0) is 19.0. The van der Waals surface area contributed by atoms with Crippen LogP contribution in [0.25, 0.3) is 0 Å². The van der Waals surface area contributed by atoms with Crippen LogP contribution in [0.2, 0.25) is 0 Å². The molecule has 1 aliphatic rings. The average molecular weight is 381 g/mol. The van der Waals surface area contributed by atoms with Gasteiger partial charge in [0.2, 0.25) is 5.91 Å². The van der Waals surface area contributed by atoms with Crippen molar-refractivity contribution in [2.45, 2.75) is 69.6 Å². The second kappa shape index (κ2) is 9.95. The van der Waals surface area contributed by atoms with Crippen molar-refractivity contribution in [3.63, 3.8) is 0 Å². The monoisotopic (exact) mass is 380 g/mol. The maximum absolute atomic E-state index is 12.7. The number of hydrogen-bond acceptors (Lipinski definition) is 4. The summed E-state index contributed by atoms with van der Waals surface area (Å²) in [5.74, 6) is -0.330. The van der Waals surface area contributed by atoms with Gasteiger partial charge in [-0.3, -0.25) is 4.79 Å². The molecule has 0 atom stereocenters. The number of hydrogen-bond donors (Lipinski definition) is 0. The number of amides is 1. The van der Waals surface area contributed by atoms with Crippen molar-refractivity contribution in [2.75, 3.05) is 25.0 Å². The van der Waals surface area contributed by atoms with Crippen LogP contribution in [0.4, 0.5) is 5.69 Å². The number of sulfonamides is 1. The summed E-state index contributed by atoms with van der Waals surface area (Å²) in [5.41, 5.74) is 1.04. The van der Waals surface area contributed by atoms with Crippen molar-refractivity contribution in [3.05, 3.63) is 24.3 Å². The van der Waals surface area contributed by atoms with E-state index in [1.165, 1.54) is 39.2 Å². The Hall–Kier alpha value is -1.56. The standard InChI is InChI=1S/C20H32N2O3S/c1-3-4-5-6-7-8-11-20(23)21(2)26(24,25)19-14-12-18(13-15-19)22-16-9-10-17-22/h12-15H,3-11,16-17H2,1-2H3. The SMILES string of the molecule is CCCCCCCCC(=O)N(C)S(=O)(=O)c1ccc(N2CCCC2)cc1. The molecule has 0 radical (unpaired) electrons. The fraction of sp³-hybridized carbons (Fsp3) is 0.650. The molecule has 1 aromatic rings. The average Bonchev–Trinajstić information content (AvgIpc) is 3.18. The quantitative estimate of drug-likeness (QED) is 0.571. The van der Waals surface area contributed by atoms with Crippen LogP contribution in [-0.2, 0) is 14.8 Å². The molecule has 1 aromatic carbocycles. The van der Waals surface area contributed by atoms with E-state index in [9.17, 15) is 13.2 Å². The van der Waals surface area contributed by atoms with Gasteiger partial charge in [-0.15, -0.1) is 0 Å². The summed E-state index contributed by atoms with van der Waals surface area (Å²) in [4.78, 5) is 14.7. The summed E-state index contributed by atoms with van der Waals surface area (Å²) in [6, 6.07) is 6.89. The van der Waals surface area contributed by atoms with Crippen molar-refractivity contribution in [1.29, 1.82) is 0 Å². The van der Waals surface area contributed by atoms with E-state index in [2.05, 4.69) is 11.8 Å². The normalized spacial score (nSPS) is 14.6. The first kappa shape index (κ1) is 20.7. The Kier molecular flexibility index (Phi) is 7.94. The Balaban J connectivity index is 1.89. The summed E-state index contributed by atoms with van der Waals surface area (Å²) in [6.07, 6.45) is 9.06. The summed E-state index contributed by atoms with van der Waals surface area (Å²) < 4.78 is 26.3. The van der Waals surface area contributed by atoms with Gasteiger partial charge in [0.15, 0.2) is 0 Å². The Morgan fingerprint density at radius 2 is 1.58 bits per heavy atom.